The summed E-state index contributed by atoms with van der Waals surface area (Å²) in [6, 6.07) is 13.3. The lowest BCUT2D eigenvalue weighted by atomic mass is 10.2. The maximum atomic E-state index is 13.4. The van der Waals surface area contributed by atoms with Gasteiger partial charge in [0.2, 0.25) is 0 Å². The lowest BCUT2D eigenvalue weighted by Gasteiger charge is -2.09. The highest BCUT2D eigenvalue weighted by Gasteiger charge is 2.05. The van der Waals surface area contributed by atoms with E-state index >= 15 is 0 Å². The fourth-order valence-corrected chi connectivity index (χ4v) is 1.61. The first kappa shape index (κ1) is 12.9. The van der Waals surface area contributed by atoms with E-state index in [1.165, 1.54) is 13.2 Å². The molecule has 2 aromatic rings. The number of nitriles is 1. The summed E-state index contributed by atoms with van der Waals surface area (Å²) in [5.74, 6) is 0.688. The number of benzene rings is 2. The zero-order chi connectivity index (χ0) is 13.7. The Kier molecular flexibility index (Phi) is 3.99. The van der Waals surface area contributed by atoms with Crippen molar-refractivity contribution in [1.82, 2.24) is 0 Å². The molecule has 0 heterocycles. The first-order chi connectivity index (χ1) is 9.22. The molecule has 0 aliphatic heterocycles. The third-order valence-electron chi connectivity index (χ3n) is 2.60. The lowest BCUT2D eigenvalue weighted by molar-refractivity contribution is 0.297. The quantitative estimate of drug-likeness (QED) is 0.844. The van der Waals surface area contributed by atoms with Gasteiger partial charge in [-0.2, -0.15) is 5.26 Å². The third-order valence-corrected chi connectivity index (χ3v) is 2.60. The maximum absolute atomic E-state index is 13.4. The lowest BCUT2D eigenvalue weighted by Crippen LogP contribution is -1.99. The van der Waals surface area contributed by atoms with Gasteiger partial charge in [-0.3, -0.25) is 0 Å². The van der Waals surface area contributed by atoms with Gasteiger partial charge in [0.25, 0.3) is 0 Å². The number of methoxy groups -OCH3 is 1. The van der Waals surface area contributed by atoms with Crippen molar-refractivity contribution in [3.63, 3.8) is 0 Å². The Hall–Kier alpha value is -2.54. The molecule has 2 aromatic carbocycles. The van der Waals surface area contributed by atoms with Crippen LogP contribution in [0.25, 0.3) is 0 Å². The second-order valence-corrected chi connectivity index (χ2v) is 3.89. The summed E-state index contributed by atoms with van der Waals surface area (Å²) < 4.78 is 24.0. The Bertz CT molecular complexity index is 620. The van der Waals surface area contributed by atoms with E-state index in [1.54, 1.807) is 36.4 Å². The number of hydrogen-bond donors (Lipinski definition) is 0. The topological polar surface area (TPSA) is 42.2 Å². The van der Waals surface area contributed by atoms with Crippen LogP contribution in [0, 0.1) is 17.1 Å². The predicted molar refractivity (Wildman–Crippen MR) is 68.4 cm³/mol. The van der Waals surface area contributed by atoms with Gasteiger partial charge in [0.1, 0.15) is 23.9 Å². The maximum Gasteiger partial charge on any atom is 0.129 e. The molecule has 0 unspecified atom stereocenters. The second kappa shape index (κ2) is 5.87. The molecule has 3 nitrogen and oxygen atoms in total. The van der Waals surface area contributed by atoms with Gasteiger partial charge in [-0.05, 0) is 18.2 Å². The van der Waals surface area contributed by atoms with Crippen molar-refractivity contribution in [3.8, 4) is 17.6 Å². The molecule has 2 rings (SSSR count). The molecule has 0 aliphatic rings. The Morgan fingerprint density at radius 2 is 1.89 bits per heavy atom. The molecule has 0 aliphatic carbocycles. The molecule has 0 aromatic heterocycles. The van der Waals surface area contributed by atoms with Gasteiger partial charge in [-0.15, -0.1) is 0 Å². The molecule has 96 valence electrons. The van der Waals surface area contributed by atoms with Crippen molar-refractivity contribution in [2.75, 3.05) is 7.11 Å². The predicted octanol–water partition coefficient (Wildman–Crippen LogP) is 3.28. The summed E-state index contributed by atoms with van der Waals surface area (Å²) in [5, 5.41) is 8.89. The average molecular weight is 257 g/mol. The van der Waals surface area contributed by atoms with E-state index in [1.807, 2.05) is 6.07 Å². The van der Waals surface area contributed by atoms with Crippen LogP contribution in [-0.4, -0.2) is 7.11 Å². The van der Waals surface area contributed by atoms with Crippen LogP contribution in [0.1, 0.15) is 11.1 Å². The molecule has 0 radical (unpaired) electrons. The first-order valence-corrected chi connectivity index (χ1v) is 5.68. The number of hydrogen-bond acceptors (Lipinski definition) is 3. The second-order valence-electron chi connectivity index (χ2n) is 3.89. The molecule has 19 heavy (non-hydrogen) atoms. The summed E-state index contributed by atoms with van der Waals surface area (Å²) in [5.41, 5.74) is 0.895. The van der Waals surface area contributed by atoms with E-state index in [9.17, 15) is 4.39 Å². The molecule has 0 fully saturated rings. The van der Waals surface area contributed by atoms with Crippen molar-refractivity contribution in [2.45, 2.75) is 6.61 Å². The van der Waals surface area contributed by atoms with Crippen LogP contribution in [0.5, 0.6) is 11.5 Å². The minimum atomic E-state index is -0.314. The number of nitrogens with zero attached hydrogens (tertiary/aromatic N) is 1. The Labute approximate surface area is 110 Å². The average Bonchev–Trinajstić information content (AvgIpc) is 2.46. The minimum absolute atomic E-state index is 0.102. The van der Waals surface area contributed by atoms with Gasteiger partial charge in [-0.25, -0.2) is 4.39 Å². The summed E-state index contributed by atoms with van der Waals surface area (Å²) in [7, 11) is 1.51. The summed E-state index contributed by atoms with van der Waals surface area (Å²) in [6.07, 6.45) is 0. The summed E-state index contributed by atoms with van der Waals surface area (Å²) in [6.45, 7) is 0.102. The Balaban J connectivity index is 2.16. The molecule has 0 saturated heterocycles. The van der Waals surface area contributed by atoms with E-state index in [4.69, 9.17) is 14.7 Å². The molecular formula is C15H12FNO2. The van der Waals surface area contributed by atoms with Crippen LogP contribution in [0.4, 0.5) is 4.39 Å². The molecule has 4 heteroatoms. The molecule has 0 bridgehead atoms. The molecule has 0 atom stereocenters. The monoisotopic (exact) mass is 257 g/mol. The normalized spacial score (nSPS) is 9.74. The fraction of sp³-hybridized carbons (Fsp3) is 0.133. The minimum Gasteiger partial charge on any atom is -0.497 e. The van der Waals surface area contributed by atoms with Crippen LogP contribution in [0.15, 0.2) is 42.5 Å². The molecule has 0 amide bonds. The molecule has 0 spiro atoms. The standard InChI is InChI=1S/C15H12FNO2/c1-18-13-6-11(9-17)7-14(8-13)19-10-12-4-2-3-5-15(12)16/h2-8H,10H2,1H3. The number of halogens is 1. The zero-order valence-corrected chi connectivity index (χ0v) is 10.4. The van der Waals surface area contributed by atoms with Crippen molar-refractivity contribution >= 4 is 0 Å². The smallest absolute Gasteiger partial charge is 0.129 e. The van der Waals surface area contributed by atoms with Crippen LogP contribution in [-0.2, 0) is 6.61 Å². The Morgan fingerprint density at radius 1 is 1.16 bits per heavy atom. The molecule has 0 N–H and O–H groups in total. The SMILES string of the molecule is COc1cc(C#N)cc(OCc2ccccc2F)c1. The van der Waals surface area contributed by atoms with Gasteiger partial charge >= 0.3 is 0 Å². The summed E-state index contributed by atoms with van der Waals surface area (Å²) in [4.78, 5) is 0. The van der Waals surface area contributed by atoms with Gasteiger partial charge in [0, 0.05) is 11.6 Å². The fourth-order valence-electron chi connectivity index (χ4n) is 1.61. The van der Waals surface area contributed by atoms with Gasteiger partial charge in [0.15, 0.2) is 0 Å². The highest BCUT2D eigenvalue weighted by Crippen LogP contribution is 2.23. The number of ether oxygens (including phenoxy) is 2. The van der Waals surface area contributed by atoms with Crippen LogP contribution in [0.2, 0.25) is 0 Å². The highest BCUT2D eigenvalue weighted by molar-refractivity contribution is 5.43. The van der Waals surface area contributed by atoms with E-state index in [0.717, 1.165) is 0 Å². The zero-order valence-electron chi connectivity index (χ0n) is 10.4. The number of rotatable bonds is 4. The van der Waals surface area contributed by atoms with Gasteiger partial charge < -0.3 is 9.47 Å². The molecular weight excluding hydrogens is 245 g/mol. The van der Waals surface area contributed by atoms with Crippen molar-refractivity contribution in [2.24, 2.45) is 0 Å². The van der Waals surface area contributed by atoms with Crippen LogP contribution < -0.4 is 9.47 Å². The largest absolute Gasteiger partial charge is 0.497 e. The van der Waals surface area contributed by atoms with E-state index in [0.29, 0.717) is 22.6 Å². The van der Waals surface area contributed by atoms with Crippen LogP contribution >= 0.6 is 0 Å². The van der Waals surface area contributed by atoms with Crippen LogP contribution in [0.3, 0.4) is 0 Å². The van der Waals surface area contributed by atoms with E-state index in [-0.39, 0.29) is 12.4 Å². The van der Waals surface area contributed by atoms with Crippen molar-refractivity contribution in [1.29, 1.82) is 5.26 Å². The summed E-state index contributed by atoms with van der Waals surface area (Å²) >= 11 is 0. The third kappa shape index (κ3) is 3.23. The van der Waals surface area contributed by atoms with Crippen molar-refractivity contribution < 1.29 is 13.9 Å². The first-order valence-electron chi connectivity index (χ1n) is 5.68. The van der Waals surface area contributed by atoms with Crippen molar-refractivity contribution in [3.05, 3.63) is 59.4 Å². The van der Waals surface area contributed by atoms with E-state index in [2.05, 4.69) is 0 Å². The van der Waals surface area contributed by atoms with E-state index < -0.39 is 0 Å². The highest BCUT2D eigenvalue weighted by atomic mass is 19.1. The Morgan fingerprint density at radius 3 is 2.58 bits per heavy atom. The molecule has 0 saturated carbocycles. The van der Waals surface area contributed by atoms with Gasteiger partial charge in [-0.1, -0.05) is 18.2 Å². The van der Waals surface area contributed by atoms with Gasteiger partial charge in [0.05, 0.1) is 18.7 Å².